The maximum atomic E-state index is 3.67. The van der Waals surface area contributed by atoms with Crippen LogP contribution in [-0.2, 0) is 6.42 Å². The Morgan fingerprint density at radius 3 is 2.19 bits per heavy atom. The van der Waals surface area contributed by atoms with E-state index in [1.807, 2.05) is 0 Å². The van der Waals surface area contributed by atoms with E-state index in [1.165, 1.54) is 12.0 Å². The van der Waals surface area contributed by atoms with Gasteiger partial charge in [0.25, 0.3) is 0 Å². The third-order valence-electron chi connectivity index (χ3n) is 4.18. The highest BCUT2D eigenvalue weighted by atomic mass is 15.1. The molecule has 2 nitrogen and oxygen atoms in total. The summed E-state index contributed by atoms with van der Waals surface area (Å²) in [6, 6.07) is 10.8. The van der Waals surface area contributed by atoms with E-state index in [4.69, 9.17) is 0 Å². The van der Waals surface area contributed by atoms with Gasteiger partial charge in [-0.25, -0.2) is 0 Å². The van der Waals surface area contributed by atoms with Crippen LogP contribution in [0.2, 0.25) is 0 Å². The van der Waals surface area contributed by atoms with Crippen LogP contribution in [0.3, 0.4) is 0 Å². The lowest BCUT2D eigenvalue weighted by Crippen LogP contribution is -2.47. The SMILES string of the molecule is CCC(C)(CNC(C)(C)C)CN(C)CCc1ccccc1. The summed E-state index contributed by atoms with van der Waals surface area (Å²) in [6.45, 7) is 14.7. The van der Waals surface area contributed by atoms with Crippen molar-refractivity contribution in [2.24, 2.45) is 5.41 Å². The zero-order valence-electron chi connectivity index (χ0n) is 14.9. The Morgan fingerprint density at radius 1 is 1.05 bits per heavy atom. The number of rotatable bonds is 8. The fourth-order valence-electron chi connectivity index (χ4n) is 2.47. The Bertz CT molecular complexity index is 394. The lowest BCUT2D eigenvalue weighted by Gasteiger charge is -2.36. The van der Waals surface area contributed by atoms with E-state index < -0.39 is 0 Å². The summed E-state index contributed by atoms with van der Waals surface area (Å²) in [5.41, 5.74) is 1.95. The van der Waals surface area contributed by atoms with Gasteiger partial charge in [0.15, 0.2) is 0 Å². The molecule has 0 saturated carbocycles. The van der Waals surface area contributed by atoms with Crippen molar-refractivity contribution < 1.29 is 0 Å². The molecule has 0 aliphatic rings. The van der Waals surface area contributed by atoms with Crippen molar-refractivity contribution in [1.82, 2.24) is 10.2 Å². The average molecular weight is 290 g/mol. The van der Waals surface area contributed by atoms with E-state index in [9.17, 15) is 0 Å². The van der Waals surface area contributed by atoms with Crippen molar-refractivity contribution in [3.63, 3.8) is 0 Å². The minimum absolute atomic E-state index is 0.193. The summed E-state index contributed by atoms with van der Waals surface area (Å²) in [7, 11) is 2.24. The molecule has 1 rings (SSSR count). The molecule has 0 amide bonds. The average Bonchev–Trinajstić information content (AvgIpc) is 2.43. The predicted molar refractivity (Wildman–Crippen MR) is 93.8 cm³/mol. The summed E-state index contributed by atoms with van der Waals surface area (Å²) >= 11 is 0. The maximum absolute atomic E-state index is 3.67. The van der Waals surface area contributed by atoms with E-state index in [2.05, 4.69) is 82.2 Å². The highest BCUT2D eigenvalue weighted by Gasteiger charge is 2.25. The molecule has 0 radical (unpaired) electrons. The Labute approximate surface area is 131 Å². The molecule has 21 heavy (non-hydrogen) atoms. The van der Waals surface area contributed by atoms with Crippen molar-refractivity contribution >= 4 is 0 Å². The Morgan fingerprint density at radius 2 is 1.67 bits per heavy atom. The van der Waals surface area contributed by atoms with Crippen LogP contribution in [0.15, 0.2) is 30.3 Å². The van der Waals surface area contributed by atoms with E-state index in [1.54, 1.807) is 0 Å². The first-order chi connectivity index (χ1) is 9.74. The quantitative estimate of drug-likeness (QED) is 0.779. The third kappa shape index (κ3) is 7.63. The van der Waals surface area contributed by atoms with Gasteiger partial charge in [-0.1, -0.05) is 44.2 Å². The van der Waals surface area contributed by atoms with Crippen LogP contribution in [0.1, 0.15) is 46.6 Å². The molecule has 0 aliphatic carbocycles. The minimum Gasteiger partial charge on any atom is -0.311 e. The van der Waals surface area contributed by atoms with Crippen LogP contribution in [0.4, 0.5) is 0 Å². The Hall–Kier alpha value is -0.860. The van der Waals surface area contributed by atoms with E-state index in [-0.39, 0.29) is 5.54 Å². The van der Waals surface area contributed by atoms with Gasteiger partial charge in [0.1, 0.15) is 0 Å². The standard InChI is InChI=1S/C19H34N2/c1-7-19(5,15-20-18(2,3)4)16-21(6)14-13-17-11-9-8-10-12-17/h8-12,20H,7,13-16H2,1-6H3. The highest BCUT2D eigenvalue weighted by Crippen LogP contribution is 2.22. The maximum Gasteiger partial charge on any atom is 0.00967 e. The van der Waals surface area contributed by atoms with E-state index >= 15 is 0 Å². The summed E-state index contributed by atoms with van der Waals surface area (Å²) in [5, 5.41) is 3.67. The molecule has 1 unspecified atom stereocenters. The third-order valence-corrected chi connectivity index (χ3v) is 4.18. The monoisotopic (exact) mass is 290 g/mol. The zero-order chi connectivity index (χ0) is 15.9. The fourth-order valence-corrected chi connectivity index (χ4v) is 2.47. The number of likely N-dealkylation sites (N-methyl/N-ethyl adjacent to an activating group) is 1. The highest BCUT2D eigenvalue weighted by molar-refractivity contribution is 5.14. The molecule has 1 atom stereocenters. The number of hydrogen-bond acceptors (Lipinski definition) is 2. The number of hydrogen-bond donors (Lipinski definition) is 1. The predicted octanol–water partition coefficient (Wildman–Crippen LogP) is 3.97. The van der Waals surface area contributed by atoms with Crippen LogP contribution < -0.4 is 5.32 Å². The molecule has 0 aromatic heterocycles. The molecular formula is C19H34N2. The summed E-state index contributed by atoms with van der Waals surface area (Å²) in [6.07, 6.45) is 2.33. The minimum atomic E-state index is 0.193. The number of benzene rings is 1. The summed E-state index contributed by atoms with van der Waals surface area (Å²) < 4.78 is 0. The first-order valence-electron chi connectivity index (χ1n) is 8.22. The Balaban J connectivity index is 2.44. The Kier molecular flexibility index (Phi) is 6.89. The second-order valence-electron chi connectivity index (χ2n) is 7.74. The molecule has 1 N–H and O–H groups in total. The molecule has 0 fully saturated rings. The van der Waals surface area contributed by atoms with Gasteiger partial charge in [0.2, 0.25) is 0 Å². The van der Waals surface area contributed by atoms with Crippen LogP contribution in [0, 0.1) is 5.41 Å². The second-order valence-corrected chi connectivity index (χ2v) is 7.74. The zero-order valence-corrected chi connectivity index (χ0v) is 14.9. The van der Waals surface area contributed by atoms with E-state index in [0.717, 1.165) is 26.1 Å². The van der Waals surface area contributed by atoms with E-state index in [0.29, 0.717) is 5.41 Å². The van der Waals surface area contributed by atoms with Gasteiger partial charge in [-0.15, -0.1) is 0 Å². The molecule has 0 bridgehead atoms. The van der Waals surface area contributed by atoms with Gasteiger partial charge in [0, 0.05) is 25.2 Å². The first-order valence-corrected chi connectivity index (χ1v) is 8.22. The molecule has 0 heterocycles. The first kappa shape index (κ1) is 18.2. The summed E-state index contributed by atoms with van der Waals surface area (Å²) in [4.78, 5) is 2.47. The number of nitrogens with one attached hydrogen (secondary N) is 1. The molecule has 1 aromatic carbocycles. The molecular weight excluding hydrogens is 256 g/mol. The summed E-state index contributed by atoms with van der Waals surface area (Å²) in [5.74, 6) is 0. The van der Waals surface area contributed by atoms with Gasteiger partial charge < -0.3 is 10.2 Å². The van der Waals surface area contributed by atoms with Gasteiger partial charge in [0.05, 0.1) is 0 Å². The molecule has 0 saturated heterocycles. The topological polar surface area (TPSA) is 15.3 Å². The van der Waals surface area contributed by atoms with Gasteiger partial charge >= 0.3 is 0 Å². The van der Waals surface area contributed by atoms with Crippen molar-refractivity contribution in [2.75, 3.05) is 26.7 Å². The van der Waals surface area contributed by atoms with Gasteiger partial charge in [-0.2, -0.15) is 0 Å². The van der Waals surface area contributed by atoms with Gasteiger partial charge in [-0.05, 0) is 51.6 Å². The van der Waals surface area contributed by atoms with Crippen molar-refractivity contribution in [2.45, 2.75) is 53.0 Å². The molecule has 1 aromatic rings. The van der Waals surface area contributed by atoms with Crippen molar-refractivity contribution in [3.8, 4) is 0 Å². The lowest BCUT2D eigenvalue weighted by molar-refractivity contribution is 0.169. The molecule has 0 aliphatic heterocycles. The van der Waals surface area contributed by atoms with Crippen LogP contribution in [-0.4, -0.2) is 37.1 Å². The molecule has 0 spiro atoms. The van der Waals surface area contributed by atoms with Crippen LogP contribution in [0.25, 0.3) is 0 Å². The molecule has 2 heteroatoms. The second kappa shape index (κ2) is 7.95. The normalized spacial score (nSPS) is 15.2. The fraction of sp³-hybridized carbons (Fsp3) is 0.684. The lowest BCUT2D eigenvalue weighted by atomic mass is 9.86. The van der Waals surface area contributed by atoms with Gasteiger partial charge in [-0.3, -0.25) is 0 Å². The smallest absolute Gasteiger partial charge is 0.00967 e. The van der Waals surface area contributed by atoms with Crippen LogP contribution in [0.5, 0.6) is 0 Å². The molecule has 120 valence electrons. The van der Waals surface area contributed by atoms with Crippen molar-refractivity contribution in [3.05, 3.63) is 35.9 Å². The van der Waals surface area contributed by atoms with Crippen LogP contribution >= 0.6 is 0 Å². The number of nitrogens with zero attached hydrogens (tertiary/aromatic N) is 1. The van der Waals surface area contributed by atoms with Crippen molar-refractivity contribution in [1.29, 1.82) is 0 Å². The largest absolute Gasteiger partial charge is 0.311 e.